The van der Waals surface area contributed by atoms with Gasteiger partial charge in [-0.05, 0) is 68.8 Å². The molecule has 0 spiro atoms. The molecule has 0 unspecified atom stereocenters. The van der Waals surface area contributed by atoms with Crippen LogP contribution in [-0.2, 0) is 11.3 Å². The minimum atomic E-state index is -1.13. The van der Waals surface area contributed by atoms with Crippen LogP contribution >= 0.6 is 11.6 Å². The molecule has 3 heterocycles. The second-order valence-corrected chi connectivity index (χ2v) is 9.89. The van der Waals surface area contributed by atoms with Gasteiger partial charge < -0.3 is 9.52 Å². The van der Waals surface area contributed by atoms with Crippen molar-refractivity contribution in [1.29, 1.82) is 0 Å². The van der Waals surface area contributed by atoms with Gasteiger partial charge in [0.25, 0.3) is 0 Å². The van der Waals surface area contributed by atoms with Gasteiger partial charge in [0.2, 0.25) is 11.5 Å². The fraction of sp³-hybridized carbons (Fsp3) is 0.214. The first kappa shape index (κ1) is 26.8. The van der Waals surface area contributed by atoms with Crippen LogP contribution in [0, 0.1) is 12.8 Å². The first-order valence-electron chi connectivity index (χ1n) is 12.4. The van der Waals surface area contributed by atoms with Crippen molar-refractivity contribution in [2.45, 2.75) is 33.4 Å². The Hall–Kier alpha value is -4.77. The van der Waals surface area contributed by atoms with Crippen LogP contribution in [0.15, 0.2) is 79.8 Å². The van der Waals surface area contributed by atoms with Gasteiger partial charge >= 0.3 is 17.3 Å². The molecule has 2 atom stereocenters. The lowest BCUT2D eigenvalue weighted by Gasteiger charge is -2.19. The summed E-state index contributed by atoms with van der Waals surface area (Å²) in [7, 11) is 0. The number of aryl methyl sites for hydroxylation is 1. The zero-order valence-electron chi connectivity index (χ0n) is 21.8. The Bertz CT molecular complexity index is 1920. The van der Waals surface area contributed by atoms with E-state index in [-0.39, 0.29) is 12.2 Å². The van der Waals surface area contributed by atoms with E-state index in [1.807, 2.05) is 13.0 Å². The number of rotatable bonds is 7. The third-order valence-corrected chi connectivity index (χ3v) is 6.91. The zero-order chi connectivity index (χ0) is 28.6. The van der Waals surface area contributed by atoms with Crippen molar-refractivity contribution in [3.05, 3.63) is 104 Å². The molecular weight excluding hydrogens is 536 g/mol. The van der Waals surface area contributed by atoms with Crippen LogP contribution in [0.1, 0.15) is 31.1 Å². The van der Waals surface area contributed by atoms with Gasteiger partial charge in [-0.3, -0.25) is 19.3 Å². The molecule has 5 rings (SSSR count). The molecule has 40 heavy (non-hydrogen) atoms. The highest BCUT2D eigenvalue weighted by molar-refractivity contribution is 6.30. The smallest absolute Gasteiger partial charge is 0.335 e. The van der Waals surface area contributed by atoms with E-state index in [0.29, 0.717) is 27.7 Å². The highest BCUT2D eigenvalue weighted by Gasteiger charge is 2.25. The van der Waals surface area contributed by atoms with Crippen LogP contribution in [0.3, 0.4) is 0 Å². The normalized spacial score (nSPS) is 13.4. The largest absolute Gasteiger partial charge is 0.481 e. The molecule has 0 bridgehead atoms. The van der Waals surface area contributed by atoms with Gasteiger partial charge in [0.15, 0.2) is 5.58 Å². The van der Waals surface area contributed by atoms with E-state index in [1.54, 1.807) is 54.7 Å². The summed E-state index contributed by atoms with van der Waals surface area (Å²) in [5, 5.41) is 10.00. The number of carboxylic acid groups (broad SMARTS) is 1. The monoisotopic (exact) mass is 560 g/mol. The zero-order valence-corrected chi connectivity index (χ0v) is 22.6. The maximum absolute atomic E-state index is 13.6. The van der Waals surface area contributed by atoms with Crippen LogP contribution in [0.2, 0.25) is 5.02 Å². The van der Waals surface area contributed by atoms with Crippen molar-refractivity contribution < 1.29 is 14.3 Å². The van der Waals surface area contributed by atoms with Crippen LogP contribution < -0.4 is 17.0 Å². The van der Waals surface area contributed by atoms with Gasteiger partial charge in [-0.1, -0.05) is 23.7 Å². The van der Waals surface area contributed by atoms with E-state index < -0.39 is 29.3 Å². The number of halogens is 1. The number of oxazole rings is 1. The predicted molar refractivity (Wildman–Crippen MR) is 149 cm³/mol. The average Bonchev–Trinajstić information content (AvgIpc) is 3.35. The molecule has 0 saturated heterocycles. The summed E-state index contributed by atoms with van der Waals surface area (Å²) >= 11 is 6.02. The molecular formula is C28H25ClN6O5. The number of fused-ring (bicyclic) bond motifs is 1. The molecule has 204 valence electrons. The third kappa shape index (κ3) is 5.36. The molecule has 0 aliphatic heterocycles. The number of aromatic nitrogens is 5. The average molecular weight is 561 g/mol. The van der Waals surface area contributed by atoms with Gasteiger partial charge in [0.1, 0.15) is 5.52 Å². The van der Waals surface area contributed by atoms with E-state index in [9.17, 15) is 19.5 Å². The Kier molecular flexibility index (Phi) is 7.22. The number of nitrogens with zero attached hydrogens (tertiary/aromatic N) is 5. The van der Waals surface area contributed by atoms with Crippen molar-refractivity contribution in [2.75, 3.05) is 0 Å². The Balaban J connectivity index is 1.65. The molecule has 2 aromatic carbocycles. The maximum atomic E-state index is 13.6. The second-order valence-electron chi connectivity index (χ2n) is 9.46. The lowest BCUT2D eigenvalue weighted by molar-refractivity contribution is -0.142. The minimum Gasteiger partial charge on any atom is -0.481 e. The number of aromatic amines is 1. The first-order chi connectivity index (χ1) is 19.1. The highest BCUT2D eigenvalue weighted by Crippen LogP contribution is 2.27. The first-order valence-corrected chi connectivity index (χ1v) is 12.8. The second kappa shape index (κ2) is 10.8. The number of hydrogen-bond acceptors (Lipinski definition) is 7. The summed E-state index contributed by atoms with van der Waals surface area (Å²) in [5.41, 5.74) is 2.35. The predicted octanol–water partition coefficient (Wildman–Crippen LogP) is 4.07. The lowest BCUT2D eigenvalue weighted by atomic mass is 10.0. The minimum absolute atomic E-state index is 0.01000. The molecule has 11 nitrogen and oxygen atoms in total. The fourth-order valence-corrected chi connectivity index (χ4v) is 4.36. The summed E-state index contributed by atoms with van der Waals surface area (Å²) in [6, 6.07) is 14.7. The molecule has 0 aliphatic carbocycles. The van der Waals surface area contributed by atoms with Gasteiger partial charge in [-0.2, -0.15) is 0 Å². The SMILES string of the molecule is Cc1cc(-c2nc3cc(/N=c4\[nH]c(=O)n([C@@H](C)[C@@H](C)C(=O)O)c(=O)n4Cc4ccc(Cl)cc4)ccc3o2)ccn1. The Labute approximate surface area is 232 Å². The van der Waals surface area contributed by atoms with Crippen molar-refractivity contribution in [1.82, 2.24) is 24.1 Å². The van der Waals surface area contributed by atoms with Gasteiger partial charge in [0.05, 0.1) is 24.2 Å². The van der Waals surface area contributed by atoms with Crippen LogP contribution in [0.4, 0.5) is 5.69 Å². The number of benzene rings is 2. The van der Waals surface area contributed by atoms with E-state index in [0.717, 1.165) is 21.4 Å². The number of nitrogens with one attached hydrogen (secondary N) is 1. The van der Waals surface area contributed by atoms with E-state index in [4.69, 9.17) is 16.0 Å². The summed E-state index contributed by atoms with van der Waals surface area (Å²) in [4.78, 5) is 54.3. The Morgan fingerprint density at radius 3 is 2.58 bits per heavy atom. The van der Waals surface area contributed by atoms with Crippen molar-refractivity contribution in [3.63, 3.8) is 0 Å². The maximum Gasteiger partial charge on any atom is 0.335 e. The number of carboxylic acids is 1. The number of hydrogen-bond donors (Lipinski definition) is 2. The third-order valence-electron chi connectivity index (χ3n) is 6.65. The van der Waals surface area contributed by atoms with Gasteiger partial charge in [0, 0.05) is 22.5 Å². The quantitative estimate of drug-likeness (QED) is 0.305. The molecule has 0 fully saturated rings. The molecule has 0 radical (unpaired) electrons. The van der Waals surface area contributed by atoms with Crippen LogP contribution in [0.25, 0.3) is 22.6 Å². The lowest BCUT2D eigenvalue weighted by Crippen LogP contribution is -2.52. The summed E-state index contributed by atoms with van der Waals surface area (Å²) in [6.45, 7) is 4.88. The Morgan fingerprint density at radius 1 is 1.12 bits per heavy atom. The van der Waals surface area contributed by atoms with Gasteiger partial charge in [-0.25, -0.2) is 24.1 Å². The number of H-pyrrole nitrogens is 1. The standard InChI is InChI=1S/C28H25ClN6O5/c1-15-12-19(10-11-30-15)24-32-22-13-21(8-9-23(22)40-24)31-26-33-27(38)35(17(3)16(2)25(36)37)28(39)34(26)14-18-4-6-20(29)7-5-18/h4-13,16-17H,14H2,1-3H3,(H,36,37)(H,31,33,38)/t16-,17+/m1/s1. The van der Waals surface area contributed by atoms with Crippen LogP contribution in [0.5, 0.6) is 0 Å². The number of pyridine rings is 1. The molecule has 0 saturated carbocycles. The number of carbonyl (C=O) groups is 1. The fourth-order valence-electron chi connectivity index (χ4n) is 4.23. The summed E-state index contributed by atoms with van der Waals surface area (Å²) < 4.78 is 8.08. The molecule has 2 N–H and O–H groups in total. The molecule has 3 aromatic heterocycles. The molecule has 5 aromatic rings. The molecule has 12 heteroatoms. The highest BCUT2D eigenvalue weighted by atomic mass is 35.5. The molecule has 0 amide bonds. The number of aliphatic carboxylic acids is 1. The summed E-state index contributed by atoms with van der Waals surface area (Å²) in [6.07, 6.45) is 1.68. The molecule has 0 aliphatic rings. The van der Waals surface area contributed by atoms with Gasteiger partial charge in [-0.15, -0.1) is 0 Å². The van der Waals surface area contributed by atoms with E-state index in [1.165, 1.54) is 18.4 Å². The van der Waals surface area contributed by atoms with Crippen molar-refractivity contribution in [2.24, 2.45) is 10.9 Å². The van der Waals surface area contributed by atoms with Crippen molar-refractivity contribution in [3.8, 4) is 11.5 Å². The van der Waals surface area contributed by atoms with Crippen molar-refractivity contribution >= 4 is 34.4 Å². The van der Waals surface area contributed by atoms with Crippen LogP contribution in [-0.4, -0.2) is 35.2 Å². The van der Waals surface area contributed by atoms with E-state index >= 15 is 0 Å². The van der Waals surface area contributed by atoms with E-state index in [2.05, 4.69) is 19.9 Å². The summed E-state index contributed by atoms with van der Waals surface area (Å²) in [5.74, 6) is -1.69. The Morgan fingerprint density at radius 2 is 1.88 bits per heavy atom. The topological polar surface area (TPSA) is 148 Å².